The summed E-state index contributed by atoms with van der Waals surface area (Å²) in [7, 11) is 0. The van der Waals surface area contributed by atoms with Gasteiger partial charge in [0.05, 0.1) is 18.8 Å². The van der Waals surface area contributed by atoms with Crippen molar-refractivity contribution in [1.82, 2.24) is 0 Å². The van der Waals surface area contributed by atoms with Crippen LogP contribution in [-0.4, -0.2) is 25.7 Å². The van der Waals surface area contributed by atoms with Crippen LogP contribution < -0.4 is 0 Å². The summed E-state index contributed by atoms with van der Waals surface area (Å²) in [6.45, 7) is 1.67. The summed E-state index contributed by atoms with van der Waals surface area (Å²) < 4.78 is 43.2. The molecule has 1 aliphatic carbocycles. The average Bonchev–Trinajstić information content (AvgIpc) is 2.74. The molecule has 0 aromatic heterocycles. The first-order valence-electron chi connectivity index (χ1n) is 10.5. The summed E-state index contributed by atoms with van der Waals surface area (Å²) in [6.07, 6.45) is 11.9. The lowest BCUT2D eigenvalue weighted by molar-refractivity contribution is -0.294. The molecule has 1 heterocycles. The second kappa shape index (κ2) is 10.6. The van der Waals surface area contributed by atoms with Gasteiger partial charge in [0.25, 0.3) is 0 Å². The fraction of sp³-hybridized carbons (Fsp3) is 0.565. The fourth-order valence-corrected chi connectivity index (χ4v) is 4.02. The lowest BCUT2D eigenvalue weighted by Crippen LogP contribution is -2.34. The predicted molar refractivity (Wildman–Crippen MR) is 105 cm³/mol. The maximum absolute atomic E-state index is 13.7. The van der Waals surface area contributed by atoms with Gasteiger partial charge >= 0.3 is 12.4 Å². The molecule has 0 amide bonds. The first-order chi connectivity index (χ1) is 14.5. The van der Waals surface area contributed by atoms with Crippen LogP contribution in [0.2, 0.25) is 0 Å². The van der Waals surface area contributed by atoms with E-state index in [-0.39, 0.29) is 11.5 Å². The van der Waals surface area contributed by atoms with E-state index in [4.69, 9.17) is 19.5 Å². The van der Waals surface area contributed by atoms with E-state index in [1.54, 1.807) is 0 Å². The van der Waals surface area contributed by atoms with Gasteiger partial charge in [-0.2, -0.15) is 5.26 Å². The van der Waals surface area contributed by atoms with Crippen LogP contribution in [-0.2, 0) is 14.2 Å². The zero-order chi connectivity index (χ0) is 21.5. The Bertz CT molecular complexity index is 781. The number of nitrogens with zero attached hydrogens (tertiary/aromatic N) is 1. The van der Waals surface area contributed by atoms with Crippen molar-refractivity contribution in [1.29, 1.82) is 5.26 Å². The van der Waals surface area contributed by atoms with Crippen LogP contribution >= 0.6 is 0 Å². The number of allylic oxidation sites excluding steroid dienone is 1. The SMILES string of the molecule is CCCC1CCC(/C=C/C2COC(OC(=O)c3cc(F)c(C#N)c(F)c3)OC2)CC1. The molecule has 1 aromatic rings. The molecule has 3 rings (SSSR count). The highest BCUT2D eigenvalue weighted by Crippen LogP contribution is 2.32. The van der Waals surface area contributed by atoms with E-state index in [9.17, 15) is 13.6 Å². The number of esters is 1. The van der Waals surface area contributed by atoms with Crippen LogP contribution in [0.4, 0.5) is 8.78 Å². The van der Waals surface area contributed by atoms with Crippen LogP contribution in [0.15, 0.2) is 24.3 Å². The largest absolute Gasteiger partial charge is 0.407 e. The van der Waals surface area contributed by atoms with Gasteiger partial charge < -0.3 is 14.2 Å². The Kier molecular flexibility index (Phi) is 7.94. The summed E-state index contributed by atoms with van der Waals surface area (Å²) in [4.78, 5) is 12.1. The summed E-state index contributed by atoms with van der Waals surface area (Å²) in [5.41, 5.74) is -1.10. The van der Waals surface area contributed by atoms with E-state index in [2.05, 4.69) is 19.1 Å². The molecule has 0 atom stereocenters. The maximum Gasteiger partial charge on any atom is 0.342 e. The molecular weight excluding hydrogens is 392 g/mol. The zero-order valence-corrected chi connectivity index (χ0v) is 17.1. The summed E-state index contributed by atoms with van der Waals surface area (Å²) in [6, 6.07) is 2.92. The lowest BCUT2D eigenvalue weighted by atomic mass is 9.80. The molecule has 1 aliphatic heterocycles. The Morgan fingerprint density at radius 3 is 2.30 bits per heavy atom. The average molecular weight is 419 g/mol. The lowest BCUT2D eigenvalue weighted by Gasteiger charge is -2.28. The van der Waals surface area contributed by atoms with E-state index in [1.165, 1.54) is 44.6 Å². The minimum Gasteiger partial charge on any atom is -0.407 e. The Morgan fingerprint density at radius 1 is 1.13 bits per heavy atom. The topological polar surface area (TPSA) is 68.5 Å². The van der Waals surface area contributed by atoms with Crippen LogP contribution in [0.25, 0.3) is 0 Å². The van der Waals surface area contributed by atoms with Gasteiger partial charge in [0.15, 0.2) is 0 Å². The first kappa shape index (κ1) is 22.4. The van der Waals surface area contributed by atoms with Gasteiger partial charge in [0.2, 0.25) is 0 Å². The standard InChI is InChI=1S/C23H27F2NO4/c1-2-3-15-4-6-16(7-5-15)8-9-17-13-28-23(29-14-17)30-22(27)18-10-20(24)19(12-26)21(25)11-18/h8-11,15-17,23H,2-7,13-14H2,1H3/b9-8+. The third kappa shape index (κ3) is 5.87. The number of nitriles is 1. The molecule has 0 spiro atoms. The van der Waals surface area contributed by atoms with E-state index >= 15 is 0 Å². The molecule has 1 saturated heterocycles. The zero-order valence-electron chi connectivity index (χ0n) is 17.1. The molecule has 2 fully saturated rings. The Balaban J connectivity index is 1.44. The van der Waals surface area contributed by atoms with Crippen molar-refractivity contribution < 1.29 is 27.8 Å². The summed E-state index contributed by atoms with van der Waals surface area (Å²) >= 11 is 0. The first-order valence-corrected chi connectivity index (χ1v) is 10.5. The third-order valence-electron chi connectivity index (χ3n) is 5.73. The second-order valence-corrected chi connectivity index (χ2v) is 8.00. The van der Waals surface area contributed by atoms with Gasteiger partial charge in [-0.25, -0.2) is 13.6 Å². The van der Waals surface area contributed by atoms with Crippen LogP contribution in [0, 0.1) is 40.7 Å². The summed E-state index contributed by atoms with van der Waals surface area (Å²) in [5, 5.41) is 8.68. The van der Waals surface area contributed by atoms with E-state index < -0.39 is 29.6 Å². The number of rotatable bonds is 6. The molecule has 0 bridgehead atoms. The number of carbonyl (C=O) groups excluding carboxylic acids is 1. The Hall–Kier alpha value is -2.30. The number of hydrogen-bond donors (Lipinski definition) is 0. The molecule has 1 saturated carbocycles. The van der Waals surface area contributed by atoms with Gasteiger partial charge in [0, 0.05) is 5.92 Å². The van der Waals surface area contributed by atoms with E-state index in [0.29, 0.717) is 19.1 Å². The van der Waals surface area contributed by atoms with Crippen molar-refractivity contribution in [2.75, 3.05) is 13.2 Å². The van der Waals surface area contributed by atoms with Gasteiger partial charge in [-0.15, -0.1) is 0 Å². The molecule has 5 nitrogen and oxygen atoms in total. The van der Waals surface area contributed by atoms with E-state index in [1.807, 2.05) is 0 Å². The van der Waals surface area contributed by atoms with Crippen molar-refractivity contribution in [3.63, 3.8) is 0 Å². The molecule has 2 aliphatic rings. The quantitative estimate of drug-likeness (QED) is 0.474. The number of hydrogen-bond acceptors (Lipinski definition) is 5. The smallest absolute Gasteiger partial charge is 0.342 e. The summed E-state index contributed by atoms with van der Waals surface area (Å²) in [5.74, 6) is -1.70. The third-order valence-corrected chi connectivity index (χ3v) is 5.73. The van der Waals surface area contributed by atoms with Gasteiger partial charge in [-0.05, 0) is 49.7 Å². The Morgan fingerprint density at radius 2 is 1.73 bits per heavy atom. The van der Waals surface area contributed by atoms with Gasteiger partial charge in [-0.1, -0.05) is 31.9 Å². The second-order valence-electron chi connectivity index (χ2n) is 8.00. The van der Waals surface area contributed by atoms with E-state index in [0.717, 1.165) is 18.1 Å². The molecule has 0 radical (unpaired) electrons. The van der Waals surface area contributed by atoms with Crippen molar-refractivity contribution in [3.05, 3.63) is 47.0 Å². The molecule has 1 aromatic carbocycles. The monoisotopic (exact) mass is 419 g/mol. The van der Waals surface area contributed by atoms with Crippen molar-refractivity contribution in [2.45, 2.75) is 51.9 Å². The molecule has 7 heteroatoms. The minimum atomic E-state index is -1.23. The van der Waals surface area contributed by atoms with Crippen molar-refractivity contribution in [3.8, 4) is 6.07 Å². The van der Waals surface area contributed by atoms with Crippen LogP contribution in [0.5, 0.6) is 0 Å². The molecule has 30 heavy (non-hydrogen) atoms. The van der Waals surface area contributed by atoms with Gasteiger partial charge in [0.1, 0.15) is 23.3 Å². The molecule has 162 valence electrons. The number of benzene rings is 1. The highest BCUT2D eigenvalue weighted by molar-refractivity contribution is 5.89. The van der Waals surface area contributed by atoms with Gasteiger partial charge in [-0.3, -0.25) is 0 Å². The minimum absolute atomic E-state index is 0.0677. The van der Waals surface area contributed by atoms with Crippen LogP contribution in [0.1, 0.15) is 61.4 Å². The molecule has 0 unspecified atom stereocenters. The highest BCUT2D eigenvalue weighted by Gasteiger charge is 2.26. The number of halogens is 2. The predicted octanol–water partition coefficient (Wildman–Crippen LogP) is 5.10. The highest BCUT2D eigenvalue weighted by atomic mass is 19.1. The fourth-order valence-electron chi connectivity index (χ4n) is 4.02. The normalized spacial score (nSPS) is 27.0. The maximum atomic E-state index is 13.7. The molecule has 0 N–H and O–H groups in total. The van der Waals surface area contributed by atoms with Crippen LogP contribution in [0.3, 0.4) is 0 Å². The molecular formula is C23H27F2NO4. The Labute approximate surface area is 175 Å². The number of carbonyl (C=O) groups is 1. The van der Waals surface area contributed by atoms with Crippen molar-refractivity contribution in [2.24, 2.45) is 17.8 Å². The van der Waals surface area contributed by atoms with Crippen molar-refractivity contribution >= 4 is 5.97 Å². The number of ether oxygens (including phenoxy) is 3.